The molecule has 0 spiro atoms. The fourth-order valence-corrected chi connectivity index (χ4v) is 3.66. The zero-order valence-electron chi connectivity index (χ0n) is 13.4. The molecule has 0 bridgehead atoms. The first-order valence-corrected chi connectivity index (χ1v) is 8.63. The van der Waals surface area contributed by atoms with Crippen LogP contribution >= 0.6 is 0 Å². The van der Waals surface area contributed by atoms with Gasteiger partial charge in [0.1, 0.15) is 18.5 Å². The number of piperidine rings is 1. The fourth-order valence-electron chi connectivity index (χ4n) is 3.66. The Hall–Kier alpha value is -1.10. The summed E-state index contributed by atoms with van der Waals surface area (Å²) in [6, 6.07) is 10.4. The van der Waals surface area contributed by atoms with Crippen molar-refractivity contribution >= 4 is 0 Å². The summed E-state index contributed by atoms with van der Waals surface area (Å²) in [7, 11) is 0. The Labute approximate surface area is 133 Å². The summed E-state index contributed by atoms with van der Waals surface area (Å²) in [5.41, 5.74) is 0. The van der Waals surface area contributed by atoms with E-state index in [0.29, 0.717) is 12.6 Å². The lowest BCUT2D eigenvalue weighted by molar-refractivity contribution is 0.0416. The second-order valence-corrected chi connectivity index (χ2v) is 6.58. The number of nitrogens with zero attached hydrogens (tertiary/aromatic N) is 2. The molecule has 3 rings (SSSR count). The van der Waals surface area contributed by atoms with Crippen LogP contribution in [0.25, 0.3) is 0 Å². The van der Waals surface area contributed by atoms with E-state index in [0.717, 1.165) is 25.4 Å². The Morgan fingerprint density at radius 2 is 1.86 bits per heavy atom. The molecule has 2 fully saturated rings. The van der Waals surface area contributed by atoms with Crippen LogP contribution in [-0.4, -0.2) is 66.4 Å². The van der Waals surface area contributed by atoms with E-state index in [2.05, 4.69) is 9.80 Å². The molecule has 4 nitrogen and oxygen atoms in total. The first kappa shape index (κ1) is 15.8. The first-order chi connectivity index (χ1) is 10.8. The normalized spacial score (nSPS) is 25.2. The average molecular weight is 304 g/mol. The Bertz CT molecular complexity index is 434. The van der Waals surface area contributed by atoms with Crippen LogP contribution in [0.5, 0.6) is 5.75 Å². The Morgan fingerprint density at radius 3 is 2.64 bits per heavy atom. The summed E-state index contributed by atoms with van der Waals surface area (Å²) in [4.78, 5) is 5.05. The number of rotatable bonds is 6. The molecule has 0 amide bonds. The second kappa shape index (κ2) is 7.95. The summed E-state index contributed by atoms with van der Waals surface area (Å²) in [5, 5.41) is 10.2. The van der Waals surface area contributed by atoms with Gasteiger partial charge in [0.2, 0.25) is 0 Å². The highest BCUT2D eigenvalue weighted by molar-refractivity contribution is 5.20. The van der Waals surface area contributed by atoms with Gasteiger partial charge in [0.15, 0.2) is 0 Å². The molecule has 122 valence electrons. The van der Waals surface area contributed by atoms with Gasteiger partial charge < -0.3 is 9.84 Å². The molecule has 0 aromatic heterocycles. The van der Waals surface area contributed by atoms with E-state index in [-0.39, 0.29) is 0 Å². The molecule has 4 heteroatoms. The number of aliphatic hydroxyl groups is 1. The van der Waals surface area contributed by atoms with Gasteiger partial charge in [-0.2, -0.15) is 0 Å². The van der Waals surface area contributed by atoms with Crippen molar-refractivity contribution in [2.75, 3.05) is 39.3 Å². The summed E-state index contributed by atoms with van der Waals surface area (Å²) in [6.07, 6.45) is 4.84. The molecule has 22 heavy (non-hydrogen) atoms. The SMILES string of the molecule is OC(COc1ccccc1)CN1CCCC(N2CCCC2)C1. The highest BCUT2D eigenvalue weighted by atomic mass is 16.5. The molecule has 0 saturated carbocycles. The van der Waals surface area contributed by atoms with Gasteiger partial charge in [-0.15, -0.1) is 0 Å². The standard InChI is InChI=1S/C18H28N2O2/c21-17(15-22-18-8-2-1-3-9-18)14-19-10-6-7-16(13-19)20-11-4-5-12-20/h1-3,8-9,16-17,21H,4-7,10-15H2. The molecule has 2 aliphatic heterocycles. The molecule has 2 heterocycles. The van der Waals surface area contributed by atoms with Crippen LogP contribution in [0.1, 0.15) is 25.7 Å². The Balaban J connectivity index is 1.41. The molecule has 0 aliphatic carbocycles. The minimum atomic E-state index is -0.419. The second-order valence-electron chi connectivity index (χ2n) is 6.58. The van der Waals surface area contributed by atoms with Crippen molar-refractivity contribution in [2.24, 2.45) is 0 Å². The molecule has 1 aromatic rings. The highest BCUT2D eigenvalue weighted by Crippen LogP contribution is 2.20. The van der Waals surface area contributed by atoms with Crippen LogP contribution in [0.15, 0.2) is 30.3 Å². The summed E-state index contributed by atoms with van der Waals surface area (Å²) in [6.45, 7) is 5.82. The Kier molecular flexibility index (Phi) is 5.70. The zero-order valence-corrected chi connectivity index (χ0v) is 13.4. The van der Waals surface area contributed by atoms with Gasteiger partial charge in [0.25, 0.3) is 0 Å². The maximum absolute atomic E-state index is 10.2. The van der Waals surface area contributed by atoms with E-state index in [9.17, 15) is 5.11 Å². The van der Waals surface area contributed by atoms with Crippen molar-refractivity contribution in [1.29, 1.82) is 0 Å². The van der Waals surface area contributed by atoms with Crippen molar-refractivity contribution in [1.82, 2.24) is 9.80 Å². The van der Waals surface area contributed by atoms with Gasteiger partial charge in [-0.1, -0.05) is 18.2 Å². The van der Waals surface area contributed by atoms with Gasteiger partial charge in [-0.25, -0.2) is 0 Å². The lowest BCUT2D eigenvalue weighted by atomic mass is 10.0. The molecule has 2 saturated heterocycles. The van der Waals surface area contributed by atoms with Crippen LogP contribution in [0.4, 0.5) is 0 Å². The molecule has 1 N–H and O–H groups in total. The number of aliphatic hydroxyl groups excluding tert-OH is 1. The van der Waals surface area contributed by atoms with Crippen molar-refractivity contribution < 1.29 is 9.84 Å². The third kappa shape index (κ3) is 4.45. The minimum absolute atomic E-state index is 0.370. The fraction of sp³-hybridized carbons (Fsp3) is 0.667. The summed E-state index contributed by atoms with van der Waals surface area (Å²) in [5.74, 6) is 0.829. The number of para-hydroxylation sites is 1. The average Bonchev–Trinajstić information content (AvgIpc) is 3.09. The largest absolute Gasteiger partial charge is 0.491 e. The smallest absolute Gasteiger partial charge is 0.119 e. The number of benzene rings is 1. The van der Waals surface area contributed by atoms with Gasteiger partial charge >= 0.3 is 0 Å². The number of likely N-dealkylation sites (tertiary alicyclic amines) is 2. The molecular weight excluding hydrogens is 276 g/mol. The van der Waals surface area contributed by atoms with Crippen molar-refractivity contribution in [3.63, 3.8) is 0 Å². The van der Waals surface area contributed by atoms with Crippen molar-refractivity contribution in [3.05, 3.63) is 30.3 Å². The molecule has 0 radical (unpaired) electrons. The summed E-state index contributed by atoms with van der Waals surface area (Å²) >= 11 is 0. The van der Waals surface area contributed by atoms with Gasteiger partial charge in [-0.3, -0.25) is 9.80 Å². The molecular formula is C18H28N2O2. The van der Waals surface area contributed by atoms with E-state index in [1.165, 1.54) is 38.8 Å². The van der Waals surface area contributed by atoms with Gasteiger partial charge in [-0.05, 0) is 57.5 Å². The molecule has 1 aromatic carbocycles. The lowest BCUT2D eigenvalue weighted by Crippen LogP contribution is -2.49. The van der Waals surface area contributed by atoms with E-state index >= 15 is 0 Å². The predicted molar refractivity (Wildman–Crippen MR) is 88.2 cm³/mol. The number of hydrogen-bond donors (Lipinski definition) is 1. The van der Waals surface area contributed by atoms with Crippen LogP contribution in [0.2, 0.25) is 0 Å². The third-order valence-electron chi connectivity index (χ3n) is 4.79. The third-order valence-corrected chi connectivity index (χ3v) is 4.79. The Morgan fingerprint density at radius 1 is 1.09 bits per heavy atom. The summed E-state index contributed by atoms with van der Waals surface area (Å²) < 4.78 is 5.65. The molecule has 2 aliphatic rings. The van der Waals surface area contributed by atoms with Gasteiger partial charge in [0, 0.05) is 19.1 Å². The van der Waals surface area contributed by atoms with Crippen LogP contribution in [0, 0.1) is 0 Å². The maximum atomic E-state index is 10.2. The van der Waals surface area contributed by atoms with E-state index in [1.807, 2.05) is 30.3 Å². The number of hydrogen-bond acceptors (Lipinski definition) is 4. The molecule has 2 unspecified atom stereocenters. The van der Waals surface area contributed by atoms with Gasteiger partial charge in [0.05, 0.1) is 0 Å². The van der Waals surface area contributed by atoms with Crippen LogP contribution < -0.4 is 4.74 Å². The van der Waals surface area contributed by atoms with E-state index in [4.69, 9.17) is 4.74 Å². The monoisotopic (exact) mass is 304 g/mol. The minimum Gasteiger partial charge on any atom is -0.491 e. The number of β-amino-alcohol motifs (C(OH)–C–C–N with tert-alkyl or cyclic N) is 1. The first-order valence-electron chi connectivity index (χ1n) is 8.63. The van der Waals surface area contributed by atoms with Crippen LogP contribution in [0.3, 0.4) is 0 Å². The van der Waals surface area contributed by atoms with E-state index in [1.54, 1.807) is 0 Å². The maximum Gasteiger partial charge on any atom is 0.119 e. The number of ether oxygens (including phenoxy) is 1. The van der Waals surface area contributed by atoms with E-state index < -0.39 is 6.10 Å². The topological polar surface area (TPSA) is 35.9 Å². The lowest BCUT2D eigenvalue weighted by Gasteiger charge is -2.38. The highest BCUT2D eigenvalue weighted by Gasteiger charge is 2.27. The van der Waals surface area contributed by atoms with Crippen molar-refractivity contribution in [3.8, 4) is 5.75 Å². The quantitative estimate of drug-likeness (QED) is 0.872. The van der Waals surface area contributed by atoms with Crippen molar-refractivity contribution in [2.45, 2.75) is 37.8 Å². The zero-order chi connectivity index (χ0) is 15.2. The predicted octanol–water partition coefficient (Wildman–Crippen LogP) is 1.99. The van der Waals surface area contributed by atoms with Crippen LogP contribution in [-0.2, 0) is 0 Å². The molecule has 2 atom stereocenters.